The lowest BCUT2D eigenvalue weighted by atomic mass is 9.95. The predicted molar refractivity (Wildman–Crippen MR) is 77.2 cm³/mol. The van der Waals surface area contributed by atoms with E-state index >= 15 is 0 Å². The minimum atomic E-state index is -0.648. The first kappa shape index (κ1) is 15.5. The molecule has 1 amide bonds. The van der Waals surface area contributed by atoms with Crippen LogP contribution in [0.25, 0.3) is 0 Å². The molecule has 0 radical (unpaired) electrons. The van der Waals surface area contributed by atoms with Crippen molar-refractivity contribution in [2.24, 2.45) is 5.73 Å². The predicted octanol–water partition coefficient (Wildman–Crippen LogP) is 2.01. The summed E-state index contributed by atoms with van der Waals surface area (Å²) in [6, 6.07) is 7.93. The van der Waals surface area contributed by atoms with E-state index in [0.717, 1.165) is 18.7 Å². The molecule has 0 heterocycles. The maximum Gasteiger partial charge on any atom is 0.237 e. The van der Waals surface area contributed by atoms with Crippen molar-refractivity contribution in [1.82, 2.24) is 5.32 Å². The Balaban J connectivity index is 2.39. The molecule has 0 spiro atoms. The van der Waals surface area contributed by atoms with Crippen LogP contribution in [0.4, 0.5) is 0 Å². The number of benzene rings is 1. The molecule has 3 N–H and O–H groups in total. The lowest BCUT2D eigenvalue weighted by molar-refractivity contribution is -0.124. The molecule has 0 saturated carbocycles. The first-order valence-electron chi connectivity index (χ1n) is 6.72. The topological polar surface area (TPSA) is 64.3 Å². The van der Waals surface area contributed by atoms with Crippen molar-refractivity contribution in [3.8, 4) is 5.75 Å². The number of likely N-dealkylation sites (N-methyl/N-ethyl adjacent to an activating group) is 1. The van der Waals surface area contributed by atoms with Crippen LogP contribution in [0.3, 0.4) is 0 Å². The highest BCUT2D eigenvalue weighted by atomic mass is 16.5. The second-order valence-electron chi connectivity index (χ2n) is 5.00. The number of hydrogen-bond acceptors (Lipinski definition) is 3. The summed E-state index contributed by atoms with van der Waals surface area (Å²) in [6.45, 7) is 7.13. The second-order valence-corrected chi connectivity index (χ2v) is 5.00. The van der Waals surface area contributed by atoms with E-state index in [4.69, 9.17) is 10.5 Å². The zero-order valence-electron chi connectivity index (χ0n) is 12.0. The smallest absolute Gasteiger partial charge is 0.237 e. The number of carbonyl (C=O) groups excluding carboxylic acids is 1. The Morgan fingerprint density at radius 1 is 1.47 bits per heavy atom. The second kappa shape index (κ2) is 7.14. The number of ether oxygens (including phenoxy) is 1. The van der Waals surface area contributed by atoms with Crippen LogP contribution in [0.15, 0.2) is 24.3 Å². The fourth-order valence-electron chi connectivity index (χ4n) is 2.01. The largest absolute Gasteiger partial charge is 0.494 e. The molecule has 1 atom stereocenters. The van der Waals surface area contributed by atoms with Crippen molar-refractivity contribution < 1.29 is 9.53 Å². The highest BCUT2D eigenvalue weighted by Gasteiger charge is 2.28. The number of rotatable bonds is 8. The van der Waals surface area contributed by atoms with Crippen LogP contribution < -0.4 is 15.8 Å². The van der Waals surface area contributed by atoms with E-state index in [-0.39, 0.29) is 5.91 Å². The molecule has 4 nitrogen and oxygen atoms in total. The van der Waals surface area contributed by atoms with E-state index in [2.05, 4.69) is 5.32 Å². The van der Waals surface area contributed by atoms with Crippen LogP contribution in [-0.4, -0.2) is 24.6 Å². The van der Waals surface area contributed by atoms with Gasteiger partial charge >= 0.3 is 0 Å². The van der Waals surface area contributed by atoms with Crippen molar-refractivity contribution in [3.05, 3.63) is 29.8 Å². The zero-order chi connectivity index (χ0) is 14.3. The average Bonchev–Trinajstić information content (AvgIpc) is 2.35. The molecule has 4 heteroatoms. The molecule has 19 heavy (non-hydrogen) atoms. The lowest BCUT2D eigenvalue weighted by Gasteiger charge is -2.26. The van der Waals surface area contributed by atoms with Crippen molar-refractivity contribution in [2.45, 2.75) is 39.2 Å². The number of primary amides is 1. The van der Waals surface area contributed by atoms with Gasteiger partial charge in [0.1, 0.15) is 5.75 Å². The number of aryl methyl sites for hydroxylation is 1. The number of amides is 1. The van der Waals surface area contributed by atoms with Crippen LogP contribution in [0.5, 0.6) is 5.75 Å². The Morgan fingerprint density at radius 2 is 2.21 bits per heavy atom. The fourth-order valence-corrected chi connectivity index (χ4v) is 2.01. The number of nitrogens with one attached hydrogen (secondary N) is 1. The fraction of sp³-hybridized carbons (Fsp3) is 0.533. The number of hydrogen-bond donors (Lipinski definition) is 2. The third-order valence-corrected chi connectivity index (χ3v) is 3.19. The van der Waals surface area contributed by atoms with Crippen LogP contribution in [0, 0.1) is 6.92 Å². The molecule has 0 aromatic heterocycles. The van der Waals surface area contributed by atoms with Gasteiger partial charge in [0.2, 0.25) is 5.91 Å². The first-order chi connectivity index (χ1) is 8.98. The third kappa shape index (κ3) is 4.91. The standard InChI is InChI=1S/C15H24N2O2/c1-4-17-15(3,14(16)18)9-6-10-19-13-8-5-7-12(2)11-13/h5,7-8,11,17H,4,6,9-10H2,1-3H3,(H2,16,18). The summed E-state index contributed by atoms with van der Waals surface area (Å²) in [4.78, 5) is 11.4. The van der Waals surface area contributed by atoms with Gasteiger partial charge in [-0.05, 0) is 50.9 Å². The van der Waals surface area contributed by atoms with Crippen LogP contribution in [0.1, 0.15) is 32.3 Å². The van der Waals surface area contributed by atoms with Crippen molar-refractivity contribution >= 4 is 5.91 Å². The SMILES string of the molecule is CCNC(C)(CCCOc1cccc(C)c1)C(N)=O. The molecule has 1 aromatic rings. The Hall–Kier alpha value is -1.55. The van der Waals surface area contributed by atoms with Gasteiger partial charge in [0.25, 0.3) is 0 Å². The molecule has 0 aliphatic rings. The summed E-state index contributed by atoms with van der Waals surface area (Å²) < 4.78 is 5.66. The van der Waals surface area contributed by atoms with E-state index in [1.807, 2.05) is 45.0 Å². The lowest BCUT2D eigenvalue weighted by Crippen LogP contribution is -2.53. The molecule has 1 aromatic carbocycles. The monoisotopic (exact) mass is 264 g/mol. The van der Waals surface area contributed by atoms with Gasteiger partial charge in [0.15, 0.2) is 0 Å². The van der Waals surface area contributed by atoms with Gasteiger partial charge in [0.05, 0.1) is 12.1 Å². The van der Waals surface area contributed by atoms with E-state index < -0.39 is 5.54 Å². The zero-order valence-corrected chi connectivity index (χ0v) is 12.0. The van der Waals surface area contributed by atoms with Gasteiger partial charge in [-0.25, -0.2) is 0 Å². The summed E-state index contributed by atoms with van der Waals surface area (Å²) in [6.07, 6.45) is 1.45. The minimum absolute atomic E-state index is 0.315. The Morgan fingerprint density at radius 3 is 2.79 bits per heavy atom. The summed E-state index contributed by atoms with van der Waals surface area (Å²) in [5.74, 6) is 0.550. The summed E-state index contributed by atoms with van der Waals surface area (Å²) in [7, 11) is 0. The molecule has 106 valence electrons. The molecule has 0 aliphatic heterocycles. The first-order valence-corrected chi connectivity index (χ1v) is 6.72. The highest BCUT2D eigenvalue weighted by Crippen LogP contribution is 2.15. The van der Waals surface area contributed by atoms with Crippen molar-refractivity contribution in [1.29, 1.82) is 0 Å². The Bertz CT molecular complexity index is 420. The van der Waals surface area contributed by atoms with E-state index in [0.29, 0.717) is 13.0 Å². The molecular weight excluding hydrogens is 240 g/mol. The van der Waals surface area contributed by atoms with Crippen LogP contribution in [0.2, 0.25) is 0 Å². The quantitative estimate of drug-likeness (QED) is 0.706. The molecule has 0 bridgehead atoms. The highest BCUT2D eigenvalue weighted by molar-refractivity contribution is 5.84. The number of nitrogens with two attached hydrogens (primary N) is 1. The van der Waals surface area contributed by atoms with Crippen LogP contribution in [-0.2, 0) is 4.79 Å². The van der Waals surface area contributed by atoms with E-state index in [1.165, 1.54) is 5.56 Å². The van der Waals surface area contributed by atoms with Gasteiger partial charge < -0.3 is 15.8 Å². The van der Waals surface area contributed by atoms with Gasteiger partial charge in [0, 0.05) is 0 Å². The molecule has 1 unspecified atom stereocenters. The number of carbonyl (C=O) groups is 1. The van der Waals surface area contributed by atoms with Crippen molar-refractivity contribution in [2.75, 3.05) is 13.2 Å². The summed E-state index contributed by atoms with van der Waals surface area (Å²) in [5.41, 5.74) is 5.95. The van der Waals surface area contributed by atoms with E-state index in [1.54, 1.807) is 0 Å². The van der Waals surface area contributed by atoms with E-state index in [9.17, 15) is 4.79 Å². The van der Waals surface area contributed by atoms with Gasteiger partial charge in [-0.15, -0.1) is 0 Å². The van der Waals surface area contributed by atoms with Gasteiger partial charge in [-0.2, -0.15) is 0 Å². The minimum Gasteiger partial charge on any atom is -0.494 e. The third-order valence-electron chi connectivity index (χ3n) is 3.19. The maximum atomic E-state index is 11.4. The molecule has 0 aliphatic carbocycles. The van der Waals surface area contributed by atoms with Crippen LogP contribution >= 0.6 is 0 Å². The van der Waals surface area contributed by atoms with Gasteiger partial charge in [-0.1, -0.05) is 19.1 Å². The Labute approximate surface area is 115 Å². The van der Waals surface area contributed by atoms with Gasteiger partial charge in [-0.3, -0.25) is 4.79 Å². The maximum absolute atomic E-state index is 11.4. The molecule has 1 rings (SSSR count). The normalized spacial score (nSPS) is 13.8. The average molecular weight is 264 g/mol. The summed E-state index contributed by atoms with van der Waals surface area (Å²) in [5, 5.41) is 3.14. The molecule has 0 fully saturated rings. The summed E-state index contributed by atoms with van der Waals surface area (Å²) >= 11 is 0. The Kier molecular flexibility index (Phi) is 5.83. The molecule has 0 saturated heterocycles. The van der Waals surface area contributed by atoms with Crippen molar-refractivity contribution in [3.63, 3.8) is 0 Å². The molecular formula is C15H24N2O2.